The van der Waals surface area contributed by atoms with E-state index in [9.17, 15) is 8.42 Å². The lowest BCUT2D eigenvalue weighted by Gasteiger charge is -2.22. The molecule has 34 heavy (non-hydrogen) atoms. The third-order valence-corrected chi connectivity index (χ3v) is 6.56. The van der Waals surface area contributed by atoms with Crippen LogP contribution < -0.4 is 14.2 Å². The Bertz CT molecular complexity index is 1200. The summed E-state index contributed by atoms with van der Waals surface area (Å²) in [5.74, 6) is 0.413. The second-order valence-corrected chi connectivity index (χ2v) is 9.19. The first-order valence-corrected chi connectivity index (χ1v) is 11.6. The Balaban J connectivity index is 2.05. The van der Waals surface area contributed by atoms with Crippen LogP contribution in [-0.4, -0.2) is 76.8 Å². The van der Waals surface area contributed by atoms with Crippen molar-refractivity contribution < 1.29 is 27.4 Å². The first-order chi connectivity index (χ1) is 16.3. The number of hydrogen-bond donors (Lipinski definition) is 1. The standard InChI is InChI=1S/C18H23ClN8O6S/c1-10(14(31-3)15-20-6-11(19)7-21-15)34(28,29)26-18-25-24-12(8-30-2)27(18)13-16(32-4)22-9-23-17(13)33-5/h6-7,9-10,14H,8H2,1-5H3,(H,25,26)/t10-,14-/m0/s1. The molecule has 0 saturated heterocycles. The molecule has 3 heterocycles. The molecule has 0 amide bonds. The van der Waals surface area contributed by atoms with Gasteiger partial charge in [-0.2, -0.15) is 9.97 Å². The van der Waals surface area contributed by atoms with Crippen molar-refractivity contribution in [2.75, 3.05) is 33.2 Å². The highest BCUT2D eigenvalue weighted by molar-refractivity contribution is 7.93. The number of sulfonamides is 1. The van der Waals surface area contributed by atoms with Gasteiger partial charge >= 0.3 is 0 Å². The predicted molar refractivity (Wildman–Crippen MR) is 120 cm³/mol. The van der Waals surface area contributed by atoms with Gasteiger partial charge in [-0.1, -0.05) is 11.6 Å². The summed E-state index contributed by atoms with van der Waals surface area (Å²) in [5, 5.41) is 7.18. The summed E-state index contributed by atoms with van der Waals surface area (Å²) < 4.78 is 51.6. The summed E-state index contributed by atoms with van der Waals surface area (Å²) in [5.41, 5.74) is 0.180. The van der Waals surface area contributed by atoms with Crippen molar-refractivity contribution in [2.24, 2.45) is 0 Å². The van der Waals surface area contributed by atoms with E-state index >= 15 is 0 Å². The maximum atomic E-state index is 13.3. The van der Waals surface area contributed by atoms with Crippen molar-refractivity contribution in [1.29, 1.82) is 0 Å². The number of aromatic nitrogens is 7. The summed E-state index contributed by atoms with van der Waals surface area (Å²) in [6.07, 6.45) is 2.94. The van der Waals surface area contributed by atoms with Gasteiger partial charge in [0.05, 0.1) is 19.2 Å². The largest absolute Gasteiger partial charge is 0.479 e. The highest BCUT2D eigenvalue weighted by Crippen LogP contribution is 2.33. The fraction of sp³-hybridized carbons (Fsp3) is 0.444. The minimum atomic E-state index is -4.13. The van der Waals surface area contributed by atoms with Gasteiger partial charge in [-0.25, -0.2) is 18.4 Å². The van der Waals surface area contributed by atoms with E-state index in [1.165, 1.54) is 58.7 Å². The summed E-state index contributed by atoms with van der Waals surface area (Å²) in [4.78, 5) is 16.3. The lowest BCUT2D eigenvalue weighted by Crippen LogP contribution is -2.33. The summed E-state index contributed by atoms with van der Waals surface area (Å²) >= 11 is 5.83. The third-order valence-electron chi connectivity index (χ3n) is 4.67. The smallest absolute Gasteiger partial charge is 0.245 e. The number of anilines is 1. The van der Waals surface area contributed by atoms with E-state index in [0.717, 1.165) is 0 Å². The van der Waals surface area contributed by atoms with Crippen LogP contribution in [0.25, 0.3) is 5.69 Å². The molecule has 0 fully saturated rings. The Morgan fingerprint density at radius 3 is 2.18 bits per heavy atom. The Morgan fingerprint density at radius 2 is 1.65 bits per heavy atom. The highest BCUT2D eigenvalue weighted by Gasteiger charge is 2.35. The van der Waals surface area contributed by atoms with Crippen molar-refractivity contribution in [3.63, 3.8) is 0 Å². The van der Waals surface area contributed by atoms with Crippen molar-refractivity contribution in [1.82, 2.24) is 34.7 Å². The SMILES string of the molecule is COCc1nnc(NS(=O)(=O)[C@@H](C)[C@H](OC)c2ncc(Cl)cn2)n1-c1c(OC)ncnc1OC. The Hall–Kier alpha value is -3.14. The van der Waals surface area contributed by atoms with Crippen LogP contribution in [-0.2, 0) is 26.1 Å². The second kappa shape index (κ2) is 10.9. The zero-order valence-electron chi connectivity index (χ0n) is 19.0. The van der Waals surface area contributed by atoms with Crippen LogP contribution in [0.1, 0.15) is 24.7 Å². The van der Waals surface area contributed by atoms with Crippen molar-refractivity contribution >= 4 is 27.6 Å². The number of nitrogens with zero attached hydrogens (tertiary/aromatic N) is 7. The number of nitrogens with one attached hydrogen (secondary N) is 1. The fourth-order valence-corrected chi connectivity index (χ4v) is 4.27. The molecule has 0 aliphatic rings. The van der Waals surface area contributed by atoms with Gasteiger partial charge in [0.1, 0.15) is 24.3 Å². The molecule has 16 heteroatoms. The van der Waals surface area contributed by atoms with Crippen LogP contribution >= 0.6 is 11.6 Å². The number of rotatable bonds is 11. The van der Waals surface area contributed by atoms with Crippen LogP contribution in [0.15, 0.2) is 18.7 Å². The minimum absolute atomic E-state index is 0.00913. The van der Waals surface area contributed by atoms with Crippen LogP contribution in [0, 0.1) is 0 Å². The molecule has 0 aromatic carbocycles. The predicted octanol–water partition coefficient (Wildman–Crippen LogP) is 1.18. The molecular weight excluding hydrogens is 492 g/mol. The highest BCUT2D eigenvalue weighted by atomic mass is 35.5. The third kappa shape index (κ3) is 5.16. The minimum Gasteiger partial charge on any atom is -0.479 e. The normalized spacial score (nSPS) is 13.4. The molecule has 0 radical (unpaired) electrons. The van der Waals surface area contributed by atoms with Gasteiger partial charge in [0.2, 0.25) is 27.7 Å². The maximum Gasteiger partial charge on any atom is 0.245 e. The van der Waals surface area contributed by atoms with Gasteiger partial charge in [0.15, 0.2) is 17.3 Å². The molecule has 14 nitrogen and oxygen atoms in total. The summed E-state index contributed by atoms with van der Waals surface area (Å²) in [7, 11) is 1.47. The average molecular weight is 515 g/mol. The molecule has 0 saturated carbocycles. The van der Waals surface area contributed by atoms with Crippen molar-refractivity contribution in [3.05, 3.63) is 35.4 Å². The topological polar surface area (TPSA) is 165 Å². The number of hydrogen-bond acceptors (Lipinski definition) is 12. The molecule has 3 aromatic rings. The number of methoxy groups -OCH3 is 4. The Kier molecular flexibility index (Phi) is 8.14. The molecule has 0 spiro atoms. The molecular formula is C18H23ClN8O6S. The molecule has 0 aliphatic heterocycles. The van der Waals surface area contributed by atoms with E-state index in [-0.39, 0.29) is 41.7 Å². The average Bonchev–Trinajstić information content (AvgIpc) is 3.21. The van der Waals surface area contributed by atoms with Crippen molar-refractivity contribution in [2.45, 2.75) is 24.9 Å². The monoisotopic (exact) mass is 514 g/mol. The first-order valence-electron chi connectivity index (χ1n) is 9.65. The molecule has 184 valence electrons. The van der Waals surface area contributed by atoms with Crippen molar-refractivity contribution in [3.8, 4) is 17.4 Å². The number of halogens is 1. The van der Waals surface area contributed by atoms with E-state index in [1.54, 1.807) is 0 Å². The lowest BCUT2D eigenvalue weighted by atomic mass is 10.2. The van der Waals surface area contributed by atoms with Crippen LogP contribution in [0.5, 0.6) is 11.8 Å². The lowest BCUT2D eigenvalue weighted by molar-refractivity contribution is 0.0950. The fourth-order valence-electron chi connectivity index (χ4n) is 3.04. The zero-order chi connectivity index (χ0) is 24.9. The molecule has 0 unspecified atom stereocenters. The van der Waals surface area contributed by atoms with E-state index in [1.807, 2.05) is 0 Å². The molecule has 1 N–H and O–H groups in total. The quantitative estimate of drug-likeness (QED) is 0.388. The number of ether oxygens (including phenoxy) is 4. The van der Waals surface area contributed by atoms with Crippen LogP contribution in [0.4, 0.5) is 5.95 Å². The maximum absolute atomic E-state index is 13.3. The van der Waals surface area contributed by atoms with Gasteiger partial charge in [0.25, 0.3) is 0 Å². The molecule has 0 aliphatic carbocycles. The van der Waals surface area contributed by atoms with Gasteiger partial charge in [-0.05, 0) is 6.92 Å². The molecule has 2 atom stereocenters. The summed E-state index contributed by atoms with van der Waals surface area (Å²) in [6, 6.07) is 0. The Labute approximate surface area is 200 Å². The van der Waals surface area contributed by atoms with E-state index in [4.69, 9.17) is 30.5 Å². The van der Waals surface area contributed by atoms with Gasteiger partial charge in [0, 0.05) is 26.6 Å². The second-order valence-electron chi connectivity index (χ2n) is 6.72. The van der Waals surface area contributed by atoms with Gasteiger partial charge in [-0.3, -0.25) is 9.29 Å². The van der Waals surface area contributed by atoms with Gasteiger partial charge in [-0.15, -0.1) is 10.2 Å². The molecule has 3 rings (SSSR count). The van der Waals surface area contributed by atoms with E-state index in [0.29, 0.717) is 5.02 Å². The van der Waals surface area contributed by atoms with Crippen LogP contribution in [0.2, 0.25) is 5.02 Å². The van der Waals surface area contributed by atoms with E-state index in [2.05, 4.69) is 34.9 Å². The first kappa shape index (κ1) is 25.5. The van der Waals surface area contributed by atoms with Crippen LogP contribution in [0.3, 0.4) is 0 Å². The molecule has 3 aromatic heterocycles. The zero-order valence-corrected chi connectivity index (χ0v) is 20.5. The Morgan fingerprint density at radius 1 is 1.03 bits per heavy atom. The van der Waals surface area contributed by atoms with Gasteiger partial charge < -0.3 is 18.9 Å². The summed E-state index contributed by atoms with van der Waals surface area (Å²) in [6.45, 7) is 1.43. The molecule has 0 bridgehead atoms. The van der Waals surface area contributed by atoms with E-state index < -0.39 is 21.4 Å².